The number of nitrogens with zero attached hydrogens (tertiary/aromatic N) is 3. The number of anilines is 1. The second kappa shape index (κ2) is 7.84. The highest BCUT2D eigenvalue weighted by Gasteiger charge is 2.17. The largest absolute Gasteiger partial charge is 0.496 e. The summed E-state index contributed by atoms with van der Waals surface area (Å²) in [5.41, 5.74) is 3.44. The maximum Gasteiger partial charge on any atom is 0.294 e. The molecule has 31 heavy (non-hydrogen) atoms. The predicted molar refractivity (Wildman–Crippen MR) is 119 cm³/mol. The fourth-order valence-corrected chi connectivity index (χ4v) is 4.01. The zero-order valence-corrected chi connectivity index (χ0v) is 18.0. The lowest BCUT2D eigenvalue weighted by Crippen LogP contribution is -1.97. The van der Waals surface area contributed by atoms with Crippen molar-refractivity contribution in [1.82, 2.24) is 14.6 Å². The maximum atomic E-state index is 6.15. The monoisotopic (exact) mass is 436 g/mol. The molecule has 0 fully saturated rings. The van der Waals surface area contributed by atoms with Crippen LogP contribution in [0.3, 0.4) is 0 Å². The van der Waals surface area contributed by atoms with E-state index in [2.05, 4.69) is 21.5 Å². The van der Waals surface area contributed by atoms with E-state index in [4.69, 9.17) is 18.6 Å². The first-order valence-electron chi connectivity index (χ1n) is 9.58. The van der Waals surface area contributed by atoms with Crippen LogP contribution in [0.25, 0.3) is 27.4 Å². The molecule has 0 bridgehead atoms. The minimum absolute atomic E-state index is 0.419. The molecule has 0 radical (unpaired) electrons. The van der Waals surface area contributed by atoms with E-state index in [0.29, 0.717) is 40.3 Å². The van der Waals surface area contributed by atoms with Crippen LogP contribution in [0.2, 0.25) is 0 Å². The van der Waals surface area contributed by atoms with E-state index in [1.807, 2.05) is 49.6 Å². The molecule has 0 aliphatic carbocycles. The van der Waals surface area contributed by atoms with Gasteiger partial charge >= 0.3 is 0 Å². The number of hydrogen-bond acceptors (Lipinski definition) is 8. The zero-order valence-electron chi connectivity index (χ0n) is 17.2. The highest BCUT2D eigenvalue weighted by atomic mass is 32.1. The molecule has 0 spiro atoms. The average molecular weight is 436 g/mol. The highest BCUT2D eigenvalue weighted by molar-refractivity contribution is 7.18. The number of imidazole rings is 1. The lowest BCUT2D eigenvalue weighted by molar-refractivity contribution is 0.307. The SMILES string of the molecule is CNc1cccc(COc2cc(OC)cc3oc(-c4cn5nc(OC)sc5n4)cc23)c1. The van der Waals surface area contributed by atoms with Crippen LogP contribution in [0.5, 0.6) is 16.7 Å². The molecule has 1 N–H and O–H groups in total. The Morgan fingerprint density at radius 1 is 1.13 bits per heavy atom. The van der Waals surface area contributed by atoms with E-state index in [1.54, 1.807) is 18.7 Å². The summed E-state index contributed by atoms with van der Waals surface area (Å²) in [7, 11) is 5.10. The van der Waals surface area contributed by atoms with E-state index in [9.17, 15) is 0 Å². The van der Waals surface area contributed by atoms with Gasteiger partial charge in [0.15, 0.2) is 5.76 Å². The van der Waals surface area contributed by atoms with Crippen molar-refractivity contribution in [1.29, 1.82) is 0 Å². The van der Waals surface area contributed by atoms with Crippen LogP contribution < -0.4 is 19.5 Å². The van der Waals surface area contributed by atoms with E-state index >= 15 is 0 Å². The van der Waals surface area contributed by atoms with Crippen molar-refractivity contribution in [2.45, 2.75) is 6.61 Å². The van der Waals surface area contributed by atoms with Gasteiger partial charge in [0.2, 0.25) is 4.96 Å². The molecule has 8 nitrogen and oxygen atoms in total. The molecular formula is C22H20N4O4S. The van der Waals surface area contributed by atoms with Crippen molar-refractivity contribution in [2.24, 2.45) is 0 Å². The van der Waals surface area contributed by atoms with Crippen molar-refractivity contribution < 1.29 is 18.6 Å². The Morgan fingerprint density at radius 2 is 2.03 bits per heavy atom. The van der Waals surface area contributed by atoms with E-state index < -0.39 is 0 Å². The average Bonchev–Trinajstić information content (AvgIpc) is 3.49. The maximum absolute atomic E-state index is 6.15. The number of aromatic nitrogens is 3. The number of nitrogens with one attached hydrogen (secondary N) is 1. The van der Waals surface area contributed by atoms with Crippen LogP contribution in [-0.2, 0) is 6.61 Å². The predicted octanol–water partition coefficient (Wildman–Crippen LogP) is 4.84. The van der Waals surface area contributed by atoms with Gasteiger partial charge in [0.25, 0.3) is 5.19 Å². The minimum atomic E-state index is 0.419. The van der Waals surface area contributed by atoms with E-state index in [1.165, 1.54) is 11.3 Å². The van der Waals surface area contributed by atoms with Crippen LogP contribution in [0, 0.1) is 0 Å². The first kappa shape index (κ1) is 19.3. The molecule has 3 aromatic heterocycles. The van der Waals surface area contributed by atoms with E-state index in [-0.39, 0.29) is 0 Å². The Bertz CT molecular complexity index is 1340. The molecule has 0 unspecified atom stereocenters. The summed E-state index contributed by atoms with van der Waals surface area (Å²) in [6.07, 6.45) is 1.81. The Kier molecular flexibility index (Phi) is 4.87. The van der Waals surface area contributed by atoms with Crippen LogP contribution in [0.1, 0.15) is 5.56 Å². The third-order valence-corrected chi connectivity index (χ3v) is 5.75. The lowest BCUT2D eigenvalue weighted by atomic mass is 10.2. The number of methoxy groups -OCH3 is 2. The molecule has 0 saturated carbocycles. The van der Waals surface area contributed by atoms with Crippen LogP contribution in [0.15, 0.2) is 53.1 Å². The molecule has 0 aliphatic rings. The smallest absolute Gasteiger partial charge is 0.294 e. The Hall–Kier alpha value is -3.72. The Balaban J connectivity index is 1.49. The first-order valence-corrected chi connectivity index (χ1v) is 10.4. The summed E-state index contributed by atoms with van der Waals surface area (Å²) in [4.78, 5) is 5.33. The third kappa shape index (κ3) is 3.64. The van der Waals surface area contributed by atoms with Gasteiger partial charge in [0.05, 0.1) is 25.8 Å². The second-order valence-corrected chi connectivity index (χ2v) is 7.73. The molecule has 158 valence electrons. The number of ether oxygens (including phenoxy) is 3. The van der Waals surface area contributed by atoms with Crippen molar-refractivity contribution in [3.63, 3.8) is 0 Å². The van der Waals surface area contributed by atoms with Crippen molar-refractivity contribution in [2.75, 3.05) is 26.6 Å². The van der Waals surface area contributed by atoms with Gasteiger partial charge in [-0.25, -0.2) is 9.50 Å². The fraction of sp³-hybridized carbons (Fsp3) is 0.182. The number of rotatable bonds is 7. The van der Waals surface area contributed by atoms with Gasteiger partial charge in [-0.15, -0.1) is 5.10 Å². The number of fused-ring (bicyclic) bond motifs is 2. The molecule has 5 rings (SSSR count). The summed E-state index contributed by atoms with van der Waals surface area (Å²) in [6.45, 7) is 0.419. The van der Waals surface area contributed by atoms with Crippen molar-refractivity contribution >= 4 is 33.0 Å². The van der Waals surface area contributed by atoms with Gasteiger partial charge in [-0.05, 0) is 35.1 Å². The number of hydrogen-bond donors (Lipinski definition) is 1. The number of benzene rings is 2. The van der Waals surface area contributed by atoms with Gasteiger partial charge in [-0.3, -0.25) is 0 Å². The van der Waals surface area contributed by atoms with Gasteiger partial charge in [-0.2, -0.15) is 0 Å². The molecule has 0 aliphatic heterocycles. The summed E-state index contributed by atoms with van der Waals surface area (Å²) in [5, 5.41) is 8.86. The second-order valence-electron chi connectivity index (χ2n) is 6.81. The normalized spacial score (nSPS) is 11.2. The number of furan rings is 1. The van der Waals surface area contributed by atoms with Crippen molar-refractivity contribution in [3.8, 4) is 28.1 Å². The Labute approximate surface area is 182 Å². The highest BCUT2D eigenvalue weighted by Crippen LogP contribution is 2.37. The summed E-state index contributed by atoms with van der Waals surface area (Å²) >= 11 is 1.36. The fourth-order valence-electron chi connectivity index (χ4n) is 3.31. The van der Waals surface area contributed by atoms with Gasteiger partial charge in [0.1, 0.15) is 29.4 Å². The van der Waals surface area contributed by atoms with Crippen molar-refractivity contribution in [3.05, 3.63) is 54.2 Å². The molecule has 5 aromatic rings. The van der Waals surface area contributed by atoms with Gasteiger partial charge in [-0.1, -0.05) is 12.1 Å². The molecule has 2 aromatic carbocycles. The summed E-state index contributed by atoms with van der Waals surface area (Å²) in [5.74, 6) is 1.96. The third-order valence-electron chi connectivity index (χ3n) is 4.87. The molecular weight excluding hydrogens is 416 g/mol. The molecule has 0 saturated heterocycles. The molecule has 0 amide bonds. The Morgan fingerprint density at radius 3 is 2.81 bits per heavy atom. The van der Waals surface area contributed by atoms with E-state index in [0.717, 1.165) is 21.6 Å². The first-order chi connectivity index (χ1) is 15.2. The standard InChI is InChI=1S/C22H20N4O4S/c1-23-14-6-4-5-13(7-14)12-29-18-8-15(27-2)9-19-16(18)10-20(30-19)17-11-26-21(24-17)31-22(25-26)28-3/h4-11,23H,12H2,1-3H3. The zero-order chi connectivity index (χ0) is 21.4. The molecule has 3 heterocycles. The van der Waals surface area contributed by atoms with Crippen LogP contribution in [0.4, 0.5) is 5.69 Å². The van der Waals surface area contributed by atoms with Crippen LogP contribution >= 0.6 is 11.3 Å². The van der Waals surface area contributed by atoms with Gasteiger partial charge in [0, 0.05) is 24.9 Å². The topological polar surface area (TPSA) is 83.0 Å². The minimum Gasteiger partial charge on any atom is -0.496 e. The molecule has 9 heteroatoms. The van der Waals surface area contributed by atoms with Gasteiger partial charge < -0.3 is 23.9 Å². The molecule has 0 atom stereocenters. The summed E-state index contributed by atoms with van der Waals surface area (Å²) < 4.78 is 24.5. The summed E-state index contributed by atoms with van der Waals surface area (Å²) in [6, 6.07) is 13.7. The van der Waals surface area contributed by atoms with Crippen LogP contribution in [-0.4, -0.2) is 35.9 Å². The quantitative estimate of drug-likeness (QED) is 0.391. The lowest BCUT2D eigenvalue weighted by Gasteiger charge is -2.10.